The third-order valence-corrected chi connectivity index (χ3v) is 11.0. The predicted octanol–water partition coefficient (Wildman–Crippen LogP) is 12.4. The van der Waals surface area contributed by atoms with E-state index >= 15 is 0 Å². The summed E-state index contributed by atoms with van der Waals surface area (Å²) >= 11 is 0. The molecule has 0 aliphatic rings. The Labute approximate surface area is 297 Å². The predicted molar refractivity (Wildman–Crippen MR) is 217 cm³/mol. The van der Waals surface area contributed by atoms with Crippen LogP contribution in [0.2, 0.25) is 0 Å². The summed E-state index contributed by atoms with van der Waals surface area (Å²) in [4.78, 5) is 11.2. The molecule has 12 rings (SSSR count). The largest absolute Gasteiger partial charge is 0.308 e. The maximum absolute atomic E-state index is 5.73. The van der Waals surface area contributed by atoms with Crippen LogP contribution in [0.3, 0.4) is 0 Å². The summed E-state index contributed by atoms with van der Waals surface area (Å²) in [5.74, 6) is 0.819. The highest BCUT2D eigenvalue weighted by atomic mass is 15.1. The van der Waals surface area contributed by atoms with Crippen LogP contribution >= 0.6 is 0 Å². The Morgan fingerprint density at radius 2 is 1.00 bits per heavy atom. The van der Waals surface area contributed by atoms with Crippen molar-refractivity contribution in [2.75, 3.05) is 0 Å². The van der Waals surface area contributed by atoms with E-state index in [-0.39, 0.29) is 0 Å². The summed E-state index contributed by atoms with van der Waals surface area (Å²) in [6, 6.07) is 60.9. The van der Waals surface area contributed by atoms with Crippen LogP contribution in [-0.4, -0.2) is 18.9 Å². The van der Waals surface area contributed by atoms with Gasteiger partial charge >= 0.3 is 0 Å². The molecule has 0 fully saturated rings. The second-order valence-electron chi connectivity index (χ2n) is 13.7. The fraction of sp³-hybridized carbons (Fsp3) is 0. The second-order valence-corrected chi connectivity index (χ2v) is 13.7. The zero-order chi connectivity index (χ0) is 33.9. The Morgan fingerprint density at radius 3 is 1.85 bits per heavy atom. The number of fused-ring (bicyclic) bond motifs is 8. The van der Waals surface area contributed by atoms with Crippen LogP contribution in [0.25, 0.3) is 110 Å². The van der Waals surface area contributed by atoms with Gasteiger partial charge in [0.2, 0.25) is 0 Å². The molecule has 0 unspecified atom stereocenters. The summed E-state index contributed by atoms with van der Waals surface area (Å²) < 4.78 is 4.85. The first-order chi connectivity index (χ1) is 25.8. The minimum absolute atomic E-state index is 0.819. The highest BCUT2D eigenvalue weighted by Gasteiger charge is 2.25. The first kappa shape index (κ1) is 27.7. The summed E-state index contributed by atoms with van der Waals surface area (Å²) in [5.41, 5.74) is 11.8. The van der Waals surface area contributed by atoms with Gasteiger partial charge < -0.3 is 4.40 Å². The van der Waals surface area contributed by atoms with E-state index in [1.54, 1.807) is 0 Å². The molecule has 0 spiro atoms. The standard InChI is InChI=1S/C48H28N4/c1-3-13-29(14-4-1)32-19-9-17-30-27-28-37-46(42(30)32)50-48(45(49-37)31-15-5-2-6-16-31)52-39-24-11-20-34-36-22-10-21-35-33-18-7-8-23-38(33)51(47(35)36)40-25-12-26-41(52)44(40)43(34)39/h1-28H. The molecule has 0 aliphatic carbocycles. The lowest BCUT2D eigenvalue weighted by Gasteiger charge is -2.16. The van der Waals surface area contributed by atoms with Gasteiger partial charge in [0, 0.05) is 37.9 Å². The van der Waals surface area contributed by atoms with Crippen molar-refractivity contribution in [2.45, 2.75) is 0 Å². The van der Waals surface area contributed by atoms with Crippen molar-refractivity contribution < 1.29 is 0 Å². The van der Waals surface area contributed by atoms with Gasteiger partial charge in [-0.1, -0.05) is 140 Å². The molecule has 0 aliphatic heterocycles. The van der Waals surface area contributed by atoms with E-state index in [4.69, 9.17) is 9.97 Å². The zero-order valence-electron chi connectivity index (χ0n) is 28.0. The Bertz CT molecular complexity index is 3390. The number of nitrogens with zero attached hydrogens (tertiary/aromatic N) is 4. The Hall–Kier alpha value is -7.04. The first-order valence-corrected chi connectivity index (χ1v) is 17.8. The highest BCUT2D eigenvalue weighted by molar-refractivity contribution is 6.31. The van der Waals surface area contributed by atoms with Crippen LogP contribution < -0.4 is 0 Å². The number of para-hydroxylation sites is 2. The third kappa shape index (κ3) is 3.60. The molecule has 0 saturated heterocycles. The van der Waals surface area contributed by atoms with Crippen molar-refractivity contribution in [1.29, 1.82) is 0 Å². The fourth-order valence-corrected chi connectivity index (χ4v) is 8.90. The lowest BCUT2D eigenvalue weighted by atomic mass is 9.97. The van der Waals surface area contributed by atoms with Gasteiger partial charge in [0.25, 0.3) is 0 Å². The van der Waals surface area contributed by atoms with E-state index in [9.17, 15) is 0 Å². The van der Waals surface area contributed by atoms with Crippen molar-refractivity contribution in [3.63, 3.8) is 0 Å². The highest BCUT2D eigenvalue weighted by Crippen LogP contribution is 2.45. The van der Waals surface area contributed by atoms with Gasteiger partial charge in [0.15, 0.2) is 5.82 Å². The average Bonchev–Trinajstić information content (AvgIpc) is 3.69. The molecular weight excluding hydrogens is 633 g/mol. The molecule has 240 valence electrons. The van der Waals surface area contributed by atoms with Crippen LogP contribution in [0.5, 0.6) is 0 Å². The minimum Gasteiger partial charge on any atom is -0.308 e. The summed E-state index contributed by atoms with van der Waals surface area (Å²) in [6.45, 7) is 0. The number of hydrogen-bond donors (Lipinski definition) is 0. The maximum Gasteiger partial charge on any atom is 0.165 e. The maximum atomic E-state index is 5.73. The Morgan fingerprint density at radius 1 is 0.385 bits per heavy atom. The van der Waals surface area contributed by atoms with Crippen molar-refractivity contribution in [3.05, 3.63) is 170 Å². The topological polar surface area (TPSA) is 35.1 Å². The van der Waals surface area contributed by atoms with Crippen molar-refractivity contribution >= 4 is 81.7 Å². The number of rotatable bonds is 3. The first-order valence-electron chi connectivity index (χ1n) is 17.8. The van der Waals surface area contributed by atoms with E-state index in [1.165, 1.54) is 48.9 Å². The molecule has 8 aromatic carbocycles. The summed E-state index contributed by atoms with van der Waals surface area (Å²) in [5, 5.41) is 9.70. The van der Waals surface area contributed by atoms with Gasteiger partial charge in [-0.05, 0) is 52.2 Å². The molecular formula is C48H28N4. The Kier molecular flexibility index (Phi) is 5.47. The molecule has 4 aromatic heterocycles. The molecule has 0 radical (unpaired) electrons. The van der Waals surface area contributed by atoms with E-state index in [2.05, 4.69) is 179 Å². The lowest BCUT2D eigenvalue weighted by Crippen LogP contribution is -2.04. The molecule has 0 bridgehead atoms. The van der Waals surface area contributed by atoms with Crippen molar-refractivity contribution in [3.8, 4) is 28.2 Å². The van der Waals surface area contributed by atoms with Gasteiger partial charge in [0.05, 0.1) is 38.6 Å². The third-order valence-electron chi connectivity index (χ3n) is 11.0. The molecule has 12 aromatic rings. The van der Waals surface area contributed by atoms with Crippen LogP contribution in [0.1, 0.15) is 0 Å². The number of benzene rings is 8. The Balaban J connectivity index is 1.31. The van der Waals surface area contributed by atoms with Crippen LogP contribution in [0.4, 0.5) is 0 Å². The normalized spacial score (nSPS) is 12.2. The molecule has 0 saturated carbocycles. The van der Waals surface area contributed by atoms with Gasteiger partial charge in [-0.15, -0.1) is 0 Å². The average molecular weight is 661 g/mol. The number of aromatic nitrogens is 4. The second kappa shape index (κ2) is 10.3. The van der Waals surface area contributed by atoms with Gasteiger partial charge in [-0.25, -0.2) is 9.97 Å². The quantitative estimate of drug-likeness (QED) is 0.177. The van der Waals surface area contributed by atoms with E-state index < -0.39 is 0 Å². The lowest BCUT2D eigenvalue weighted by molar-refractivity contribution is 1.08. The minimum atomic E-state index is 0.819. The molecule has 0 N–H and O–H groups in total. The SMILES string of the molecule is c1ccc(-c2nc3ccc4cccc(-c5ccccc5)c4c3nc2-n2c3cccc4c5cccc6c7ccccc7n(c7cccc2c7c43)c56)cc1. The smallest absolute Gasteiger partial charge is 0.165 e. The van der Waals surface area contributed by atoms with Crippen molar-refractivity contribution in [1.82, 2.24) is 18.9 Å². The summed E-state index contributed by atoms with van der Waals surface area (Å²) in [6.07, 6.45) is 0. The monoisotopic (exact) mass is 660 g/mol. The van der Waals surface area contributed by atoms with Gasteiger partial charge in [-0.2, -0.15) is 0 Å². The fourth-order valence-electron chi connectivity index (χ4n) is 8.90. The summed E-state index contributed by atoms with van der Waals surface area (Å²) in [7, 11) is 0. The molecule has 52 heavy (non-hydrogen) atoms. The van der Waals surface area contributed by atoms with E-state index in [0.29, 0.717) is 0 Å². The molecule has 0 atom stereocenters. The molecule has 4 heteroatoms. The number of hydrogen-bond acceptors (Lipinski definition) is 2. The van der Waals surface area contributed by atoms with Gasteiger partial charge in [0.1, 0.15) is 5.69 Å². The van der Waals surface area contributed by atoms with E-state index in [0.717, 1.165) is 61.0 Å². The molecule has 0 amide bonds. The zero-order valence-corrected chi connectivity index (χ0v) is 28.0. The van der Waals surface area contributed by atoms with Crippen LogP contribution in [0.15, 0.2) is 170 Å². The molecule has 4 heterocycles. The van der Waals surface area contributed by atoms with E-state index in [1.807, 2.05) is 0 Å². The van der Waals surface area contributed by atoms with Crippen molar-refractivity contribution in [2.24, 2.45) is 0 Å². The van der Waals surface area contributed by atoms with Crippen LogP contribution in [0, 0.1) is 0 Å². The van der Waals surface area contributed by atoms with Gasteiger partial charge in [-0.3, -0.25) is 4.57 Å². The molecule has 4 nitrogen and oxygen atoms in total. The van der Waals surface area contributed by atoms with Crippen LogP contribution in [-0.2, 0) is 0 Å².